The number of halogens is 1. The van der Waals surface area contributed by atoms with E-state index in [9.17, 15) is 9.59 Å². The molecule has 4 nitrogen and oxygen atoms in total. The second kappa shape index (κ2) is 6.18. The third-order valence-corrected chi connectivity index (χ3v) is 3.77. The molecule has 0 aromatic heterocycles. The SMILES string of the molecule is COc1ccccc1C(=O)N=C1C=C(Cl)C(=O)c2ccccc21. The Hall–Kier alpha value is -2.72. The lowest BCUT2D eigenvalue weighted by Gasteiger charge is -2.14. The first-order valence-corrected chi connectivity index (χ1v) is 7.27. The minimum absolute atomic E-state index is 0.0373. The number of allylic oxidation sites excluding steroid dienone is 2. The molecular weight excluding hydrogens is 314 g/mol. The van der Waals surface area contributed by atoms with Crippen LogP contribution in [0.1, 0.15) is 26.3 Å². The van der Waals surface area contributed by atoms with E-state index in [1.807, 2.05) is 0 Å². The first-order valence-electron chi connectivity index (χ1n) is 6.89. The van der Waals surface area contributed by atoms with Crippen molar-refractivity contribution in [3.8, 4) is 5.75 Å². The van der Waals surface area contributed by atoms with Gasteiger partial charge in [-0.2, -0.15) is 0 Å². The molecule has 0 bridgehead atoms. The molecule has 2 aromatic carbocycles. The second-order valence-corrected chi connectivity index (χ2v) is 5.28. The molecular formula is C18H12ClNO3. The highest BCUT2D eigenvalue weighted by Crippen LogP contribution is 2.25. The summed E-state index contributed by atoms with van der Waals surface area (Å²) >= 11 is 5.97. The molecule has 2 aromatic rings. The normalized spacial score (nSPS) is 15.1. The van der Waals surface area contributed by atoms with Gasteiger partial charge >= 0.3 is 0 Å². The molecule has 114 valence electrons. The number of hydrogen-bond donors (Lipinski definition) is 0. The number of methoxy groups -OCH3 is 1. The van der Waals surface area contributed by atoms with Gasteiger partial charge in [0.05, 0.1) is 23.4 Å². The van der Waals surface area contributed by atoms with Crippen molar-refractivity contribution in [3.05, 3.63) is 76.3 Å². The van der Waals surface area contributed by atoms with Crippen molar-refractivity contribution in [3.63, 3.8) is 0 Å². The van der Waals surface area contributed by atoms with Crippen LogP contribution in [0.15, 0.2) is 64.6 Å². The van der Waals surface area contributed by atoms with Gasteiger partial charge in [-0.15, -0.1) is 0 Å². The van der Waals surface area contributed by atoms with Crippen LogP contribution in [0.25, 0.3) is 0 Å². The average molecular weight is 326 g/mol. The first kappa shape index (κ1) is 15.2. The first-order chi connectivity index (χ1) is 11.1. The largest absolute Gasteiger partial charge is 0.496 e. The monoisotopic (exact) mass is 325 g/mol. The van der Waals surface area contributed by atoms with Crippen LogP contribution >= 0.6 is 11.6 Å². The number of benzene rings is 2. The maximum Gasteiger partial charge on any atom is 0.281 e. The van der Waals surface area contributed by atoms with Gasteiger partial charge < -0.3 is 4.74 Å². The Labute approximate surface area is 138 Å². The Morgan fingerprint density at radius 1 is 1.04 bits per heavy atom. The minimum Gasteiger partial charge on any atom is -0.496 e. The molecule has 0 unspecified atom stereocenters. The number of carbonyl (C=O) groups excluding carboxylic acids is 2. The van der Waals surface area contributed by atoms with Gasteiger partial charge in [-0.25, -0.2) is 4.99 Å². The van der Waals surface area contributed by atoms with E-state index >= 15 is 0 Å². The summed E-state index contributed by atoms with van der Waals surface area (Å²) in [5.74, 6) is -0.287. The number of nitrogens with zero attached hydrogens (tertiary/aromatic N) is 1. The minimum atomic E-state index is -0.456. The fraction of sp³-hybridized carbons (Fsp3) is 0.0556. The van der Waals surface area contributed by atoms with Crippen LogP contribution in [-0.4, -0.2) is 24.5 Å². The summed E-state index contributed by atoms with van der Waals surface area (Å²) in [6, 6.07) is 13.8. The number of carbonyl (C=O) groups is 2. The molecule has 3 rings (SSSR count). The highest BCUT2D eigenvalue weighted by molar-refractivity contribution is 6.49. The summed E-state index contributed by atoms with van der Waals surface area (Å²) in [4.78, 5) is 28.6. The van der Waals surface area contributed by atoms with E-state index in [1.165, 1.54) is 13.2 Å². The third kappa shape index (κ3) is 2.81. The fourth-order valence-corrected chi connectivity index (χ4v) is 2.59. The quantitative estimate of drug-likeness (QED) is 0.847. The van der Waals surface area contributed by atoms with Gasteiger partial charge in [0.2, 0.25) is 5.78 Å². The predicted molar refractivity (Wildman–Crippen MR) is 88.6 cm³/mol. The predicted octanol–water partition coefficient (Wildman–Crippen LogP) is 3.64. The molecule has 0 saturated heterocycles. The third-order valence-electron chi connectivity index (χ3n) is 3.49. The summed E-state index contributed by atoms with van der Waals surface area (Å²) in [7, 11) is 1.49. The van der Waals surface area contributed by atoms with Gasteiger partial charge in [0, 0.05) is 11.1 Å². The van der Waals surface area contributed by atoms with Crippen LogP contribution < -0.4 is 4.74 Å². The zero-order valence-corrected chi connectivity index (χ0v) is 13.0. The van der Waals surface area contributed by atoms with Crippen LogP contribution in [0.2, 0.25) is 0 Å². The number of ether oxygens (including phenoxy) is 1. The number of Topliss-reactive ketones (excluding diaryl/α,β-unsaturated/α-hetero) is 1. The molecule has 0 atom stereocenters. The molecule has 1 aliphatic carbocycles. The van der Waals surface area contributed by atoms with E-state index in [2.05, 4.69) is 4.99 Å². The van der Waals surface area contributed by atoms with Crippen molar-refractivity contribution >= 4 is 29.0 Å². The summed E-state index contributed by atoms with van der Waals surface area (Å²) in [5, 5.41) is 0.0373. The number of amides is 1. The lowest BCUT2D eigenvalue weighted by atomic mass is 9.94. The highest BCUT2D eigenvalue weighted by atomic mass is 35.5. The molecule has 0 spiro atoms. The van der Waals surface area contributed by atoms with Crippen LogP contribution in [-0.2, 0) is 0 Å². The number of hydrogen-bond acceptors (Lipinski definition) is 3. The van der Waals surface area contributed by atoms with Gasteiger partial charge in [-0.1, -0.05) is 48.0 Å². The standard InChI is InChI=1S/C18H12ClNO3/c1-23-16-9-5-4-8-13(16)18(22)20-15-10-14(19)17(21)12-7-3-2-6-11(12)15/h2-10H,1H3. The summed E-state index contributed by atoms with van der Waals surface area (Å²) in [5.41, 5.74) is 1.74. The zero-order chi connectivity index (χ0) is 16.4. The summed E-state index contributed by atoms with van der Waals surface area (Å²) < 4.78 is 5.18. The molecule has 23 heavy (non-hydrogen) atoms. The van der Waals surface area contributed by atoms with E-state index in [4.69, 9.17) is 16.3 Å². The van der Waals surface area contributed by atoms with Gasteiger partial charge in [-0.05, 0) is 18.2 Å². The van der Waals surface area contributed by atoms with E-state index < -0.39 is 5.91 Å². The van der Waals surface area contributed by atoms with Crippen LogP contribution in [0.3, 0.4) is 0 Å². The summed E-state index contributed by atoms with van der Waals surface area (Å²) in [6.45, 7) is 0. The van der Waals surface area contributed by atoms with Gasteiger partial charge in [0.25, 0.3) is 5.91 Å². The number of rotatable bonds is 2. The maximum atomic E-state index is 12.5. The van der Waals surface area contributed by atoms with Crippen LogP contribution in [0, 0.1) is 0 Å². The second-order valence-electron chi connectivity index (χ2n) is 4.87. The van der Waals surface area contributed by atoms with Crippen molar-refractivity contribution in [2.75, 3.05) is 7.11 Å². The van der Waals surface area contributed by atoms with Crippen molar-refractivity contribution in [2.45, 2.75) is 0 Å². The molecule has 0 aliphatic heterocycles. The van der Waals surface area contributed by atoms with Crippen LogP contribution in [0.5, 0.6) is 5.75 Å². The van der Waals surface area contributed by atoms with Gasteiger partial charge in [0.15, 0.2) is 0 Å². The van der Waals surface area contributed by atoms with E-state index in [0.29, 0.717) is 28.2 Å². The molecule has 0 N–H and O–H groups in total. The molecule has 0 saturated carbocycles. The molecule has 0 fully saturated rings. The Kier molecular flexibility index (Phi) is 4.08. The van der Waals surface area contributed by atoms with Crippen molar-refractivity contribution < 1.29 is 14.3 Å². The Morgan fingerprint density at radius 2 is 1.70 bits per heavy atom. The van der Waals surface area contributed by atoms with E-state index in [1.54, 1.807) is 48.5 Å². The fourth-order valence-electron chi connectivity index (χ4n) is 2.38. The zero-order valence-electron chi connectivity index (χ0n) is 12.2. The molecule has 0 radical (unpaired) electrons. The Morgan fingerprint density at radius 3 is 2.43 bits per heavy atom. The molecule has 5 heteroatoms. The number of fused-ring (bicyclic) bond motifs is 1. The van der Waals surface area contributed by atoms with Crippen molar-refractivity contribution in [1.82, 2.24) is 0 Å². The lowest BCUT2D eigenvalue weighted by Crippen LogP contribution is -2.16. The lowest BCUT2D eigenvalue weighted by molar-refractivity contribution is 0.0997. The topological polar surface area (TPSA) is 55.7 Å². The number of aliphatic imine (C=N–C) groups is 1. The van der Waals surface area contributed by atoms with Crippen LogP contribution in [0.4, 0.5) is 0 Å². The Balaban J connectivity index is 2.08. The van der Waals surface area contributed by atoms with E-state index in [0.717, 1.165) is 0 Å². The van der Waals surface area contributed by atoms with Gasteiger partial charge in [-0.3, -0.25) is 9.59 Å². The molecule has 0 heterocycles. The number of para-hydroxylation sites is 1. The molecule has 1 amide bonds. The average Bonchev–Trinajstić information content (AvgIpc) is 2.59. The van der Waals surface area contributed by atoms with Gasteiger partial charge in [0.1, 0.15) is 5.75 Å². The van der Waals surface area contributed by atoms with Crippen molar-refractivity contribution in [2.24, 2.45) is 4.99 Å². The van der Waals surface area contributed by atoms with Crippen molar-refractivity contribution in [1.29, 1.82) is 0 Å². The highest BCUT2D eigenvalue weighted by Gasteiger charge is 2.23. The maximum absolute atomic E-state index is 12.5. The summed E-state index contributed by atoms with van der Waals surface area (Å²) in [6.07, 6.45) is 1.42. The Bertz CT molecular complexity index is 868. The number of ketones is 1. The smallest absolute Gasteiger partial charge is 0.281 e. The van der Waals surface area contributed by atoms with E-state index in [-0.39, 0.29) is 10.8 Å². The molecule has 1 aliphatic rings.